The Kier molecular flexibility index (Phi) is 5.84. The van der Waals surface area contributed by atoms with E-state index in [1.165, 1.54) is 0 Å². The van der Waals surface area contributed by atoms with E-state index in [1.807, 2.05) is 95.3 Å². The van der Waals surface area contributed by atoms with E-state index < -0.39 is 6.10 Å². The van der Waals surface area contributed by atoms with Gasteiger partial charge in [-0.15, -0.1) is 0 Å². The molecule has 1 aliphatic heterocycles. The highest BCUT2D eigenvalue weighted by Gasteiger charge is 2.35. The lowest BCUT2D eigenvalue weighted by Gasteiger charge is -2.19. The molecule has 1 saturated heterocycles. The number of nitrogens with zero attached hydrogens (tertiary/aromatic N) is 3. The Morgan fingerprint density at radius 3 is 2.55 bits per heavy atom. The molecule has 1 aliphatic rings. The van der Waals surface area contributed by atoms with Crippen molar-refractivity contribution in [1.29, 1.82) is 0 Å². The number of benzene rings is 3. The third kappa shape index (κ3) is 4.47. The Hall–Kier alpha value is -3.64. The number of aromatic nitrogens is 2. The Labute approximate surface area is 193 Å². The summed E-state index contributed by atoms with van der Waals surface area (Å²) < 4.78 is 7.80. The number of para-hydroxylation sites is 3. The minimum atomic E-state index is -0.716. The van der Waals surface area contributed by atoms with E-state index in [0.29, 0.717) is 19.5 Å². The molecule has 2 heterocycles. The standard InChI is InChI=1S/C27H27N3O3/c1-19-11-13-21(14-12-19)29-16-20(15-26(29)32)27-28-24-9-5-6-10-25(24)30(27)17-22(31)18-33-23-7-3-2-4-8-23/h2-14,20,22,31H,15-18H2,1H3/t20-,22+/m1/s1. The van der Waals surface area contributed by atoms with Crippen LogP contribution in [-0.4, -0.2) is 39.8 Å². The predicted molar refractivity (Wildman–Crippen MR) is 129 cm³/mol. The molecule has 6 nitrogen and oxygen atoms in total. The monoisotopic (exact) mass is 441 g/mol. The third-order valence-corrected chi connectivity index (χ3v) is 6.10. The number of carbonyl (C=O) groups excluding carboxylic acids is 1. The zero-order chi connectivity index (χ0) is 22.8. The number of fused-ring (bicyclic) bond motifs is 1. The SMILES string of the molecule is Cc1ccc(N2C[C@H](c3nc4ccccc4n3C[C@H](O)COc3ccccc3)CC2=O)cc1. The van der Waals surface area contributed by atoms with Gasteiger partial charge in [0.15, 0.2) is 0 Å². The van der Waals surface area contributed by atoms with Gasteiger partial charge < -0.3 is 19.3 Å². The van der Waals surface area contributed by atoms with Crippen LogP contribution in [0.3, 0.4) is 0 Å². The Bertz CT molecular complexity index is 1250. The second-order valence-electron chi connectivity index (χ2n) is 8.59. The average molecular weight is 442 g/mol. The first-order valence-electron chi connectivity index (χ1n) is 11.3. The maximum atomic E-state index is 12.9. The first-order valence-corrected chi connectivity index (χ1v) is 11.3. The van der Waals surface area contributed by atoms with Gasteiger partial charge in [-0.2, -0.15) is 0 Å². The number of imidazole rings is 1. The van der Waals surface area contributed by atoms with Crippen molar-refractivity contribution in [2.75, 3.05) is 18.1 Å². The molecule has 0 radical (unpaired) electrons. The molecule has 0 aliphatic carbocycles. The van der Waals surface area contributed by atoms with Gasteiger partial charge in [-0.3, -0.25) is 4.79 Å². The fraction of sp³-hybridized carbons (Fsp3) is 0.259. The molecule has 6 heteroatoms. The second kappa shape index (κ2) is 9.08. The van der Waals surface area contributed by atoms with Gasteiger partial charge >= 0.3 is 0 Å². The van der Waals surface area contributed by atoms with Crippen LogP contribution >= 0.6 is 0 Å². The van der Waals surface area contributed by atoms with Crippen LogP contribution in [0, 0.1) is 6.92 Å². The normalized spacial score (nSPS) is 17.0. The van der Waals surface area contributed by atoms with Gasteiger partial charge in [0.2, 0.25) is 5.91 Å². The second-order valence-corrected chi connectivity index (χ2v) is 8.59. The van der Waals surface area contributed by atoms with E-state index in [1.54, 1.807) is 0 Å². The molecule has 5 rings (SSSR count). The van der Waals surface area contributed by atoms with Crippen molar-refractivity contribution in [2.24, 2.45) is 0 Å². The van der Waals surface area contributed by atoms with Crippen molar-refractivity contribution in [3.05, 3.63) is 90.3 Å². The number of anilines is 1. The summed E-state index contributed by atoms with van der Waals surface area (Å²) in [5, 5.41) is 10.8. The summed E-state index contributed by atoms with van der Waals surface area (Å²) in [6, 6.07) is 25.4. The highest BCUT2D eigenvalue weighted by atomic mass is 16.5. The molecule has 1 N–H and O–H groups in total. The molecular formula is C27H27N3O3. The Balaban J connectivity index is 1.38. The summed E-state index contributed by atoms with van der Waals surface area (Å²) in [6.07, 6.45) is -0.319. The number of rotatable bonds is 7. The predicted octanol–water partition coefficient (Wildman–Crippen LogP) is 4.31. The van der Waals surface area contributed by atoms with E-state index in [0.717, 1.165) is 33.9 Å². The molecule has 0 spiro atoms. The summed E-state index contributed by atoms with van der Waals surface area (Å²) in [7, 11) is 0. The van der Waals surface area contributed by atoms with Crippen molar-refractivity contribution in [3.63, 3.8) is 0 Å². The van der Waals surface area contributed by atoms with E-state index in [4.69, 9.17) is 9.72 Å². The highest BCUT2D eigenvalue weighted by molar-refractivity contribution is 5.96. The summed E-state index contributed by atoms with van der Waals surface area (Å²) in [4.78, 5) is 19.6. The van der Waals surface area contributed by atoms with E-state index in [9.17, 15) is 9.90 Å². The number of aliphatic hydroxyl groups excluding tert-OH is 1. The first-order chi connectivity index (χ1) is 16.1. The van der Waals surface area contributed by atoms with E-state index in [-0.39, 0.29) is 18.4 Å². The van der Waals surface area contributed by atoms with Crippen LogP contribution in [0.2, 0.25) is 0 Å². The molecule has 0 bridgehead atoms. The molecule has 1 aromatic heterocycles. The van der Waals surface area contributed by atoms with Gasteiger partial charge in [-0.1, -0.05) is 48.0 Å². The molecule has 33 heavy (non-hydrogen) atoms. The molecule has 1 fully saturated rings. The van der Waals surface area contributed by atoms with Gasteiger partial charge in [-0.25, -0.2) is 4.98 Å². The van der Waals surface area contributed by atoms with Crippen molar-refractivity contribution >= 4 is 22.6 Å². The minimum absolute atomic E-state index is 0.0477. The molecule has 1 amide bonds. The van der Waals surface area contributed by atoms with Crippen molar-refractivity contribution in [3.8, 4) is 5.75 Å². The number of ether oxygens (including phenoxy) is 1. The van der Waals surface area contributed by atoms with Gasteiger partial charge in [0.05, 0.1) is 17.6 Å². The fourth-order valence-corrected chi connectivity index (χ4v) is 4.43. The lowest BCUT2D eigenvalue weighted by atomic mass is 10.1. The summed E-state index contributed by atoms with van der Waals surface area (Å²) >= 11 is 0. The number of hydrogen-bond donors (Lipinski definition) is 1. The Morgan fingerprint density at radius 1 is 1.03 bits per heavy atom. The largest absolute Gasteiger partial charge is 0.491 e. The van der Waals surface area contributed by atoms with Crippen molar-refractivity contribution in [2.45, 2.75) is 31.9 Å². The van der Waals surface area contributed by atoms with Crippen LogP contribution in [0.15, 0.2) is 78.9 Å². The molecule has 0 saturated carbocycles. The van der Waals surface area contributed by atoms with Gasteiger partial charge in [0.25, 0.3) is 0 Å². The molecule has 2 atom stereocenters. The maximum Gasteiger partial charge on any atom is 0.227 e. The number of hydrogen-bond acceptors (Lipinski definition) is 4. The number of carbonyl (C=O) groups is 1. The highest BCUT2D eigenvalue weighted by Crippen LogP contribution is 2.33. The zero-order valence-corrected chi connectivity index (χ0v) is 18.6. The third-order valence-electron chi connectivity index (χ3n) is 6.10. The lowest BCUT2D eigenvalue weighted by Crippen LogP contribution is -2.26. The fourth-order valence-electron chi connectivity index (χ4n) is 4.43. The van der Waals surface area contributed by atoms with Crippen LogP contribution in [0.25, 0.3) is 11.0 Å². The summed E-state index contributed by atoms with van der Waals surface area (Å²) in [6.45, 7) is 3.13. The first kappa shape index (κ1) is 21.2. The minimum Gasteiger partial charge on any atom is -0.491 e. The molecule has 168 valence electrons. The van der Waals surface area contributed by atoms with Crippen molar-refractivity contribution < 1.29 is 14.6 Å². The van der Waals surface area contributed by atoms with E-state index in [2.05, 4.69) is 0 Å². The van der Waals surface area contributed by atoms with Crippen LogP contribution in [-0.2, 0) is 11.3 Å². The maximum absolute atomic E-state index is 12.9. The molecule has 0 unspecified atom stereocenters. The Morgan fingerprint density at radius 2 is 1.76 bits per heavy atom. The van der Waals surface area contributed by atoms with Crippen LogP contribution in [0.4, 0.5) is 5.69 Å². The van der Waals surface area contributed by atoms with Gasteiger partial charge in [0.1, 0.15) is 24.3 Å². The van der Waals surface area contributed by atoms with Crippen LogP contribution in [0.5, 0.6) is 5.75 Å². The number of aryl methyl sites for hydroxylation is 1. The quantitative estimate of drug-likeness (QED) is 0.464. The molecule has 3 aromatic carbocycles. The van der Waals surface area contributed by atoms with Crippen LogP contribution in [0.1, 0.15) is 23.7 Å². The van der Waals surface area contributed by atoms with E-state index >= 15 is 0 Å². The summed E-state index contributed by atoms with van der Waals surface area (Å²) in [5.41, 5.74) is 3.89. The van der Waals surface area contributed by atoms with Crippen molar-refractivity contribution in [1.82, 2.24) is 9.55 Å². The number of amides is 1. The summed E-state index contributed by atoms with van der Waals surface area (Å²) in [5.74, 6) is 1.60. The average Bonchev–Trinajstić information content (AvgIpc) is 3.39. The number of aliphatic hydroxyl groups is 1. The zero-order valence-electron chi connectivity index (χ0n) is 18.6. The lowest BCUT2D eigenvalue weighted by molar-refractivity contribution is -0.117. The van der Waals surface area contributed by atoms with Gasteiger partial charge in [0, 0.05) is 24.6 Å². The molecular weight excluding hydrogens is 414 g/mol. The van der Waals surface area contributed by atoms with Gasteiger partial charge in [-0.05, 0) is 43.3 Å². The smallest absolute Gasteiger partial charge is 0.227 e. The topological polar surface area (TPSA) is 67.6 Å². The molecule has 4 aromatic rings. The van der Waals surface area contributed by atoms with Crippen LogP contribution < -0.4 is 9.64 Å².